The lowest BCUT2D eigenvalue weighted by Gasteiger charge is -2.45. The fourth-order valence-corrected chi connectivity index (χ4v) is 6.65. The van der Waals surface area contributed by atoms with Gasteiger partial charge in [-0.1, -0.05) is 36.6 Å². The highest BCUT2D eigenvalue weighted by atomic mass is 35.5. The maximum absolute atomic E-state index is 13.1. The molecule has 0 aliphatic heterocycles. The number of sulfone groups is 1. The Morgan fingerprint density at radius 1 is 1.12 bits per heavy atom. The van der Waals surface area contributed by atoms with Gasteiger partial charge in [0.05, 0.1) is 11.0 Å². The Kier molecular flexibility index (Phi) is 3.46. The molecule has 0 radical (unpaired) electrons. The summed E-state index contributed by atoms with van der Waals surface area (Å²) in [4.78, 5) is 0.762. The number of halogens is 1. The van der Waals surface area contributed by atoms with E-state index in [9.17, 15) is 13.7 Å². The lowest BCUT2D eigenvalue weighted by molar-refractivity contribution is 0.0973. The Labute approximate surface area is 147 Å². The van der Waals surface area contributed by atoms with Crippen LogP contribution in [0.5, 0.6) is 0 Å². The van der Waals surface area contributed by atoms with Crippen molar-refractivity contribution >= 4 is 21.4 Å². The lowest BCUT2D eigenvalue weighted by Crippen LogP contribution is -2.38. The van der Waals surface area contributed by atoms with Gasteiger partial charge in [-0.3, -0.25) is 0 Å². The van der Waals surface area contributed by atoms with Gasteiger partial charge >= 0.3 is 0 Å². The van der Waals surface area contributed by atoms with Gasteiger partial charge in [-0.2, -0.15) is 5.26 Å². The summed E-state index contributed by atoms with van der Waals surface area (Å²) in [5.41, 5.74) is 0.295. The van der Waals surface area contributed by atoms with Gasteiger partial charge < -0.3 is 0 Å². The molecule has 3 aliphatic carbocycles. The minimum absolute atomic E-state index is 0.106. The van der Waals surface area contributed by atoms with E-state index in [1.165, 1.54) is 0 Å². The van der Waals surface area contributed by atoms with Crippen molar-refractivity contribution in [1.29, 1.82) is 5.26 Å². The smallest absolute Gasteiger partial charge is 0.202 e. The standard InChI is InChI=1S/C19H18ClNO2S/c20-15-3-5-16(6-4-15)24(22,23)17-11-18-8-1-2-9-19(18,12-17)14(13-21)7-10-18/h3-7,12H,1-2,8-11H2/t18-,19-/m1/s1. The van der Waals surface area contributed by atoms with Crippen LogP contribution in [0.4, 0.5) is 0 Å². The van der Waals surface area contributed by atoms with E-state index in [2.05, 4.69) is 6.07 Å². The van der Waals surface area contributed by atoms with E-state index in [1.54, 1.807) is 24.3 Å². The van der Waals surface area contributed by atoms with Crippen molar-refractivity contribution in [1.82, 2.24) is 0 Å². The second-order valence-electron chi connectivity index (χ2n) is 7.14. The van der Waals surface area contributed by atoms with Gasteiger partial charge in [-0.25, -0.2) is 8.42 Å². The maximum Gasteiger partial charge on any atom is 0.202 e. The molecule has 124 valence electrons. The summed E-state index contributed by atoms with van der Waals surface area (Å²) >= 11 is 5.88. The zero-order valence-corrected chi connectivity index (χ0v) is 14.8. The zero-order chi connectivity index (χ0) is 17.0. The molecule has 24 heavy (non-hydrogen) atoms. The van der Waals surface area contributed by atoms with Crippen LogP contribution in [0.1, 0.15) is 38.5 Å². The van der Waals surface area contributed by atoms with Crippen LogP contribution in [0, 0.1) is 22.2 Å². The molecule has 1 saturated carbocycles. The largest absolute Gasteiger partial charge is 0.219 e. The van der Waals surface area contributed by atoms with E-state index in [4.69, 9.17) is 11.6 Å². The van der Waals surface area contributed by atoms with Crippen molar-refractivity contribution in [2.75, 3.05) is 0 Å². The molecule has 3 nitrogen and oxygen atoms in total. The molecule has 0 unspecified atom stereocenters. The predicted octanol–water partition coefficient (Wildman–Crippen LogP) is 4.80. The minimum atomic E-state index is -3.53. The van der Waals surface area contributed by atoms with Crippen molar-refractivity contribution in [3.8, 4) is 6.07 Å². The molecule has 1 fully saturated rings. The summed E-state index contributed by atoms with van der Waals surface area (Å²) in [6, 6.07) is 8.68. The van der Waals surface area contributed by atoms with Gasteiger partial charge in [0.15, 0.2) is 0 Å². The fourth-order valence-electron chi connectivity index (χ4n) is 4.90. The van der Waals surface area contributed by atoms with Gasteiger partial charge in [-0.15, -0.1) is 0 Å². The summed E-state index contributed by atoms with van der Waals surface area (Å²) in [6.45, 7) is 0. The molecular formula is C19H18ClNO2S. The third-order valence-corrected chi connectivity index (χ3v) is 8.21. The summed E-state index contributed by atoms with van der Waals surface area (Å²) in [5.74, 6) is 0. The van der Waals surface area contributed by atoms with E-state index in [0.29, 0.717) is 16.3 Å². The number of nitriles is 1. The van der Waals surface area contributed by atoms with Gasteiger partial charge in [0.2, 0.25) is 9.84 Å². The molecule has 0 saturated heterocycles. The molecule has 3 aliphatic rings. The molecule has 0 N–H and O–H groups in total. The predicted molar refractivity (Wildman–Crippen MR) is 93.0 cm³/mol. The molecule has 0 heterocycles. The van der Waals surface area contributed by atoms with Crippen LogP contribution in [0.15, 0.2) is 51.8 Å². The minimum Gasteiger partial charge on any atom is -0.219 e. The lowest BCUT2D eigenvalue weighted by atomic mass is 9.57. The van der Waals surface area contributed by atoms with Crippen LogP contribution >= 0.6 is 11.6 Å². The summed E-state index contributed by atoms with van der Waals surface area (Å²) < 4.78 is 26.2. The number of benzene rings is 1. The van der Waals surface area contributed by atoms with E-state index >= 15 is 0 Å². The molecule has 0 bridgehead atoms. The monoisotopic (exact) mass is 359 g/mol. The first-order chi connectivity index (χ1) is 11.4. The van der Waals surface area contributed by atoms with E-state index in [0.717, 1.165) is 37.7 Å². The molecule has 2 atom stereocenters. The van der Waals surface area contributed by atoms with Crippen molar-refractivity contribution < 1.29 is 8.42 Å². The van der Waals surface area contributed by atoms with Crippen LogP contribution in [-0.2, 0) is 9.84 Å². The Balaban J connectivity index is 1.82. The van der Waals surface area contributed by atoms with E-state index in [-0.39, 0.29) is 15.7 Å². The third kappa shape index (κ3) is 1.98. The third-order valence-electron chi connectivity index (χ3n) is 6.11. The van der Waals surface area contributed by atoms with E-state index in [1.807, 2.05) is 12.2 Å². The fraction of sp³-hybridized carbons (Fsp3) is 0.421. The number of rotatable bonds is 2. The van der Waals surface area contributed by atoms with Crippen LogP contribution in [0.2, 0.25) is 5.02 Å². The first-order valence-corrected chi connectivity index (χ1v) is 10.1. The number of hydrogen-bond donors (Lipinski definition) is 0. The molecule has 5 heteroatoms. The molecule has 0 amide bonds. The second kappa shape index (κ2) is 5.21. The van der Waals surface area contributed by atoms with Crippen LogP contribution < -0.4 is 0 Å². The van der Waals surface area contributed by atoms with Gasteiger partial charge in [-0.05, 0) is 55.4 Å². The van der Waals surface area contributed by atoms with Gasteiger partial charge in [0, 0.05) is 20.9 Å². The molecule has 1 aromatic carbocycles. The molecule has 4 rings (SSSR count). The topological polar surface area (TPSA) is 57.9 Å². The van der Waals surface area contributed by atoms with Crippen LogP contribution in [-0.4, -0.2) is 8.42 Å². The Morgan fingerprint density at radius 2 is 1.83 bits per heavy atom. The maximum atomic E-state index is 13.1. The molecule has 0 spiro atoms. The number of hydrogen-bond acceptors (Lipinski definition) is 3. The first kappa shape index (κ1) is 15.9. The summed E-state index contributed by atoms with van der Waals surface area (Å²) in [7, 11) is -3.53. The van der Waals surface area contributed by atoms with Crippen molar-refractivity contribution in [2.24, 2.45) is 10.8 Å². The van der Waals surface area contributed by atoms with Crippen LogP contribution in [0.25, 0.3) is 0 Å². The highest BCUT2D eigenvalue weighted by Crippen LogP contribution is 2.68. The normalized spacial score (nSPS) is 31.7. The SMILES string of the molecule is N#CC1=CC[C@@]23CCCC[C@@]12C=C(S(=O)(=O)c1ccc(Cl)cc1)C3. The Bertz CT molecular complexity index is 908. The molecular weight excluding hydrogens is 342 g/mol. The second-order valence-corrected chi connectivity index (χ2v) is 9.58. The molecule has 1 aromatic rings. The highest BCUT2D eigenvalue weighted by Gasteiger charge is 2.60. The number of nitrogens with zero attached hydrogens (tertiary/aromatic N) is 1. The van der Waals surface area contributed by atoms with Crippen LogP contribution in [0.3, 0.4) is 0 Å². The molecule has 0 aromatic heterocycles. The van der Waals surface area contributed by atoms with E-state index < -0.39 is 9.84 Å². The Morgan fingerprint density at radius 3 is 2.54 bits per heavy atom. The van der Waals surface area contributed by atoms with Gasteiger partial charge in [0.1, 0.15) is 0 Å². The Hall–Kier alpha value is -1.57. The van der Waals surface area contributed by atoms with Crippen molar-refractivity contribution in [3.05, 3.63) is 51.9 Å². The average Bonchev–Trinajstić information content (AvgIpc) is 3.07. The highest BCUT2D eigenvalue weighted by molar-refractivity contribution is 7.95. The summed E-state index contributed by atoms with van der Waals surface area (Å²) in [6.07, 6.45) is 9.33. The van der Waals surface area contributed by atoms with Gasteiger partial charge in [0.25, 0.3) is 0 Å². The van der Waals surface area contributed by atoms with Crippen molar-refractivity contribution in [2.45, 2.75) is 43.4 Å². The summed E-state index contributed by atoms with van der Waals surface area (Å²) in [5, 5.41) is 10.1. The average molecular weight is 360 g/mol. The number of allylic oxidation sites excluding steroid dienone is 4. The van der Waals surface area contributed by atoms with Crippen molar-refractivity contribution in [3.63, 3.8) is 0 Å². The first-order valence-electron chi connectivity index (χ1n) is 8.27. The zero-order valence-electron chi connectivity index (χ0n) is 13.3. The quantitative estimate of drug-likeness (QED) is 0.761.